The number of carbonyl (C=O) groups excluding carboxylic acids is 1. The predicted molar refractivity (Wildman–Crippen MR) is 69.8 cm³/mol. The maximum Gasteiger partial charge on any atom is 0.159 e. The standard InChI is InChI=1S/C13H9ClFNOS/c1-8(17)9-4-5-12(11(15)7-9)18-13-10(14)3-2-6-16-13/h2-7H,1H3. The number of halogens is 2. The largest absolute Gasteiger partial charge is 0.295 e. The summed E-state index contributed by atoms with van der Waals surface area (Å²) in [6, 6.07) is 7.77. The highest BCUT2D eigenvalue weighted by molar-refractivity contribution is 7.99. The number of hydrogen-bond acceptors (Lipinski definition) is 3. The van der Waals surface area contributed by atoms with Crippen LogP contribution < -0.4 is 0 Å². The monoisotopic (exact) mass is 281 g/mol. The average Bonchev–Trinajstić information content (AvgIpc) is 2.34. The number of rotatable bonds is 3. The van der Waals surface area contributed by atoms with Gasteiger partial charge in [0.2, 0.25) is 0 Å². The van der Waals surface area contributed by atoms with E-state index in [2.05, 4.69) is 4.98 Å². The van der Waals surface area contributed by atoms with Gasteiger partial charge in [0.05, 0.1) is 5.02 Å². The molecule has 0 aliphatic carbocycles. The molecule has 0 bridgehead atoms. The van der Waals surface area contributed by atoms with Crippen molar-refractivity contribution < 1.29 is 9.18 Å². The molecule has 1 aromatic heterocycles. The van der Waals surface area contributed by atoms with Gasteiger partial charge in [-0.05, 0) is 31.2 Å². The van der Waals surface area contributed by atoms with E-state index in [9.17, 15) is 9.18 Å². The minimum absolute atomic E-state index is 0.165. The number of hydrogen-bond donors (Lipinski definition) is 0. The van der Waals surface area contributed by atoms with Gasteiger partial charge in [-0.15, -0.1) is 0 Å². The molecule has 0 fully saturated rings. The first-order valence-corrected chi connectivity index (χ1v) is 6.36. The molecule has 0 aliphatic heterocycles. The van der Waals surface area contributed by atoms with E-state index in [1.807, 2.05) is 0 Å². The summed E-state index contributed by atoms with van der Waals surface area (Å²) in [5.74, 6) is -0.615. The van der Waals surface area contributed by atoms with Crippen molar-refractivity contribution in [1.82, 2.24) is 4.98 Å². The van der Waals surface area contributed by atoms with Gasteiger partial charge in [0, 0.05) is 16.7 Å². The minimum atomic E-state index is -0.450. The van der Waals surface area contributed by atoms with Crippen molar-refractivity contribution in [3.8, 4) is 0 Å². The average molecular weight is 282 g/mol. The Morgan fingerprint density at radius 2 is 2.17 bits per heavy atom. The molecule has 1 heterocycles. The van der Waals surface area contributed by atoms with Crippen molar-refractivity contribution in [1.29, 1.82) is 0 Å². The lowest BCUT2D eigenvalue weighted by Gasteiger charge is -2.05. The molecule has 0 aliphatic rings. The molecule has 0 N–H and O–H groups in total. The number of carbonyl (C=O) groups is 1. The van der Waals surface area contributed by atoms with E-state index >= 15 is 0 Å². The highest BCUT2D eigenvalue weighted by atomic mass is 35.5. The molecule has 0 unspecified atom stereocenters. The van der Waals surface area contributed by atoms with Gasteiger partial charge in [0.15, 0.2) is 5.78 Å². The van der Waals surface area contributed by atoms with Crippen LogP contribution in [0.25, 0.3) is 0 Å². The van der Waals surface area contributed by atoms with Gasteiger partial charge < -0.3 is 0 Å². The van der Waals surface area contributed by atoms with Crippen molar-refractivity contribution >= 4 is 29.1 Å². The number of pyridine rings is 1. The van der Waals surface area contributed by atoms with E-state index in [-0.39, 0.29) is 5.78 Å². The summed E-state index contributed by atoms with van der Waals surface area (Å²) in [6.07, 6.45) is 1.59. The normalized spacial score (nSPS) is 10.4. The van der Waals surface area contributed by atoms with E-state index in [0.717, 1.165) is 11.8 Å². The maximum atomic E-state index is 13.8. The Morgan fingerprint density at radius 3 is 2.78 bits per heavy atom. The van der Waals surface area contributed by atoms with Gasteiger partial charge in [-0.1, -0.05) is 29.4 Å². The number of nitrogens with zero attached hydrogens (tertiary/aromatic N) is 1. The van der Waals surface area contributed by atoms with Gasteiger partial charge >= 0.3 is 0 Å². The second-order valence-corrected chi connectivity index (χ2v) is 5.03. The van der Waals surface area contributed by atoms with Crippen molar-refractivity contribution in [2.75, 3.05) is 0 Å². The third kappa shape index (κ3) is 2.89. The molecule has 0 amide bonds. The first-order valence-electron chi connectivity index (χ1n) is 5.17. The number of ketones is 1. The fourth-order valence-corrected chi connectivity index (χ4v) is 2.37. The lowest BCUT2D eigenvalue weighted by Crippen LogP contribution is -1.94. The Balaban J connectivity index is 2.30. The molecule has 0 saturated carbocycles. The molecule has 0 radical (unpaired) electrons. The molecular weight excluding hydrogens is 273 g/mol. The molecule has 1 aromatic carbocycles. The lowest BCUT2D eigenvalue weighted by atomic mass is 10.1. The third-order valence-corrected chi connectivity index (χ3v) is 3.76. The Hall–Kier alpha value is -1.39. The van der Waals surface area contributed by atoms with Crippen molar-refractivity contribution in [2.24, 2.45) is 0 Å². The van der Waals surface area contributed by atoms with E-state index in [4.69, 9.17) is 11.6 Å². The molecule has 5 heteroatoms. The van der Waals surface area contributed by atoms with Crippen molar-refractivity contribution in [3.63, 3.8) is 0 Å². The van der Waals surface area contributed by atoms with E-state index in [1.54, 1.807) is 30.5 Å². The highest BCUT2D eigenvalue weighted by Crippen LogP contribution is 2.33. The quantitative estimate of drug-likeness (QED) is 0.789. The van der Waals surface area contributed by atoms with Gasteiger partial charge in [-0.2, -0.15) is 0 Å². The Morgan fingerprint density at radius 1 is 1.39 bits per heavy atom. The molecule has 18 heavy (non-hydrogen) atoms. The lowest BCUT2D eigenvalue weighted by molar-refractivity contribution is 0.101. The Kier molecular flexibility index (Phi) is 3.99. The highest BCUT2D eigenvalue weighted by Gasteiger charge is 2.10. The van der Waals surface area contributed by atoms with Crippen molar-refractivity contribution in [3.05, 3.63) is 52.9 Å². The summed E-state index contributed by atoms with van der Waals surface area (Å²) in [5.41, 5.74) is 0.351. The molecule has 0 spiro atoms. The molecule has 2 nitrogen and oxygen atoms in total. The van der Waals surface area contributed by atoms with Gasteiger partial charge in [0.25, 0.3) is 0 Å². The Bertz CT molecular complexity index is 603. The number of aromatic nitrogens is 1. The van der Waals surface area contributed by atoms with E-state index in [0.29, 0.717) is 20.5 Å². The minimum Gasteiger partial charge on any atom is -0.295 e. The zero-order valence-corrected chi connectivity index (χ0v) is 11.1. The van der Waals surface area contributed by atoms with Crippen LogP contribution in [0.3, 0.4) is 0 Å². The molecule has 2 aromatic rings. The Labute approximate surface area is 113 Å². The molecule has 0 saturated heterocycles. The maximum absolute atomic E-state index is 13.8. The van der Waals surface area contributed by atoms with Crippen molar-refractivity contribution in [2.45, 2.75) is 16.8 Å². The predicted octanol–water partition coefficient (Wildman–Crippen LogP) is 4.23. The molecule has 2 rings (SSSR count). The molecule has 0 atom stereocenters. The summed E-state index contributed by atoms with van der Waals surface area (Å²) in [5, 5.41) is 1.01. The van der Waals surface area contributed by atoms with Crippen LogP contribution in [0.1, 0.15) is 17.3 Å². The topological polar surface area (TPSA) is 30.0 Å². The van der Waals surface area contributed by atoms with Crippen LogP contribution in [0, 0.1) is 5.82 Å². The second kappa shape index (κ2) is 5.50. The van der Waals surface area contributed by atoms with Gasteiger partial charge in [-0.25, -0.2) is 9.37 Å². The van der Waals surface area contributed by atoms with Crippen LogP contribution >= 0.6 is 23.4 Å². The van der Waals surface area contributed by atoms with Crippen LogP contribution in [0.4, 0.5) is 4.39 Å². The summed E-state index contributed by atoms with van der Waals surface area (Å²) >= 11 is 7.08. The van der Waals surface area contributed by atoms with Crippen LogP contribution in [0.2, 0.25) is 5.02 Å². The zero-order valence-electron chi connectivity index (χ0n) is 9.48. The second-order valence-electron chi connectivity index (χ2n) is 3.59. The first kappa shape index (κ1) is 13.1. The van der Waals surface area contributed by atoms with Gasteiger partial charge in [-0.3, -0.25) is 4.79 Å². The summed E-state index contributed by atoms with van der Waals surface area (Å²) in [7, 11) is 0. The van der Waals surface area contributed by atoms with Crippen LogP contribution in [0.15, 0.2) is 46.5 Å². The fourth-order valence-electron chi connectivity index (χ4n) is 1.35. The fraction of sp³-hybridized carbons (Fsp3) is 0.0769. The summed E-state index contributed by atoms with van der Waals surface area (Å²) < 4.78 is 13.8. The van der Waals surface area contributed by atoms with Gasteiger partial charge in [0.1, 0.15) is 10.8 Å². The summed E-state index contributed by atoms with van der Waals surface area (Å²) in [4.78, 5) is 15.6. The first-order chi connectivity index (χ1) is 8.58. The van der Waals surface area contributed by atoms with Crippen LogP contribution in [0.5, 0.6) is 0 Å². The van der Waals surface area contributed by atoms with E-state index < -0.39 is 5.82 Å². The third-order valence-electron chi connectivity index (χ3n) is 2.27. The van der Waals surface area contributed by atoms with Crippen LogP contribution in [-0.2, 0) is 0 Å². The number of Topliss-reactive ketones (excluding diaryl/α,β-unsaturated/α-hetero) is 1. The molecular formula is C13H9ClFNOS. The summed E-state index contributed by atoms with van der Waals surface area (Å²) in [6.45, 7) is 1.40. The van der Waals surface area contributed by atoms with Crippen LogP contribution in [-0.4, -0.2) is 10.8 Å². The number of benzene rings is 1. The SMILES string of the molecule is CC(=O)c1ccc(Sc2ncccc2Cl)c(F)c1. The smallest absolute Gasteiger partial charge is 0.159 e. The zero-order chi connectivity index (χ0) is 13.1. The molecule has 92 valence electrons. The van der Waals surface area contributed by atoms with E-state index in [1.165, 1.54) is 13.0 Å².